The zero-order chi connectivity index (χ0) is 18.0. The molecular weight excluding hydrogens is 329 g/mol. The van der Waals surface area contributed by atoms with Crippen LogP contribution >= 0.6 is 0 Å². The van der Waals surface area contributed by atoms with Crippen LogP contribution in [0.5, 0.6) is 0 Å². The zero-order valence-corrected chi connectivity index (χ0v) is 14.6. The van der Waals surface area contributed by atoms with Crippen LogP contribution in [0.1, 0.15) is 36.9 Å². The Balaban J connectivity index is 1.45. The number of nitrogens with one attached hydrogen (secondary N) is 1. The van der Waals surface area contributed by atoms with E-state index in [-0.39, 0.29) is 11.7 Å². The van der Waals surface area contributed by atoms with E-state index in [1.165, 1.54) is 12.1 Å². The zero-order valence-electron chi connectivity index (χ0n) is 14.6. The van der Waals surface area contributed by atoms with E-state index in [0.29, 0.717) is 13.0 Å². The van der Waals surface area contributed by atoms with Gasteiger partial charge in [-0.2, -0.15) is 0 Å². The summed E-state index contributed by atoms with van der Waals surface area (Å²) in [4.78, 5) is 17.5. The molecule has 26 heavy (non-hydrogen) atoms. The number of carbonyl (C=O) groups excluding carboxylic acids is 1. The van der Waals surface area contributed by atoms with Crippen molar-refractivity contribution in [2.24, 2.45) is 0 Å². The van der Waals surface area contributed by atoms with Gasteiger partial charge < -0.3 is 9.72 Å². The number of benzene rings is 1. The van der Waals surface area contributed by atoms with Crippen molar-refractivity contribution in [3.63, 3.8) is 0 Å². The van der Waals surface area contributed by atoms with Gasteiger partial charge in [0.15, 0.2) is 0 Å². The van der Waals surface area contributed by atoms with Crippen molar-refractivity contribution in [1.82, 2.24) is 14.7 Å². The monoisotopic (exact) mass is 351 g/mol. The second-order valence-corrected chi connectivity index (χ2v) is 7.00. The van der Waals surface area contributed by atoms with E-state index >= 15 is 0 Å². The summed E-state index contributed by atoms with van der Waals surface area (Å²) in [6, 6.07) is 12.4. The summed E-state index contributed by atoms with van der Waals surface area (Å²) in [6.07, 6.45) is 8.16. The van der Waals surface area contributed by atoms with Gasteiger partial charge in [0, 0.05) is 25.4 Å². The third-order valence-corrected chi connectivity index (χ3v) is 5.35. The number of hydrogen-bond acceptors (Lipinski definition) is 2. The van der Waals surface area contributed by atoms with E-state index in [9.17, 15) is 9.18 Å². The number of pyridine rings is 1. The number of imidazole rings is 1. The summed E-state index contributed by atoms with van der Waals surface area (Å²) in [7, 11) is 0. The summed E-state index contributed by atoms with van der Waals surface area (Å²) in [5, 5.41) is 3.07. The van der Waals surface area contributed by atoms with E-state index in [2.05, 4.69) is 10.3 Å². The molecule has 4 nitrogen and oxygen atoms in total. The molecule has 1 aliphatic carbocycles. The van der Waals surface area contributed by atoms with E-state index in [4.69, 9.17) is 0 Å². The summed E-state index contributed by atoms with van der Waals surface area (Å²) < 4.78 is 15.7. The lowest BCUT2D eigenvalue weighted by Crippen LogP contribution is -2.43. The van der Waals surface area contributed by atoms with Crippen LogP contribution in [-0.4, -0.2) is 21.8 Å². The first-order chi connectivity index (χ1) is 12.7. The third-order valence-electron chi connectivity index (χ3n) is 5.35. The van der Waals surface area contributed by atoms with Gasteiger partial charge in [-0.05, 0) is 42.7 Å². The number of nitrogens with zero attached hydrogens (tertiary/aromatic N) is 2. The maximum absolute atomic E-state index is 13.7. The first kappa shape index (κ1) is 16.8. The number of carbonyl (C=O) groups is 1. The molecule has 0 spiro atoms. The molecule has 0 atom stereocenters. The minimum Gasteiger partial charge on any atom is -0.355 e. The van der Waals surface area contributed by atoms with E-state index in [1.54, 1.807) is 6.07 Å². The maximum Gasteiger partial charge on any atom is 0.230 e. The maximum atomic E-state index is 13.7. The highest BCUT2D eigenvalue weighted by atomic mass is 19.1. The molecular formula is C21H22FN3O. The Morgan fingerprint density at radius 3 is 2.81 bits per heavy atom. The highest BCUT2D eigenvalue weighted by Crippen LogP contribution is 2.41. The first-order valence-electron chi connectivity index (χ1n) is 9.14. The molecule has 1 saturated carbocycles. The molecule has 1 amide bonds. The SMILES string of the molecule is O=C(NCCc1cn2ccccc2n1)C1(c2cccc(F)c2)CCCC1. The average molecular weight is 351 g/mol. The Morgan fingerprint density at radius 2 is 2.04 bits per heavy atom. The van der Waals surface area contributed by atoms with Crippen LogP contribution in [0.4, 0.5) is 4.39 Å². The fourth-order valence-electron chi connectivity index (χ4n) is 3.99. The average Bonchev–Trinajstić information content (AvgIpc) is 3.29. The first-order valence-corrected chi connectivity index (χ1v) is 9.14. The molecule has 5 heteroatoms. The number of fused-ring (bicyclic) bond motifs is 1. The number of aromatic nitrogens is 2. The summed E-state index contributed by atoms with van der Waals surface area (Å²) in [6.45, 7) is 0.528. The second-order valence-electron chi connectivity index (χ2n) is 7.00. The minimum absolute atomic E-state index is 0.00404. The fourth-order valence-corrected chi connectivity index (χ4v) is 3.99. The standard InChI is InChI=1S/C21H22FN3O/c22-17-7-5-6-16(14-17)21(10-2-3-11-21)20(26)23-12-9-18-15-25-13-4-1-8-19(25)24-18/h1,4-8,13-15H,2-3,9-12H2,(H,23,26). The molecule has 2 aromatic heterocycles. The van der Waals surface area contributed by atoms with Crippen molar-refractivity contribution < 1.29 is 9.18 Å². The van der Waals surface area contributed by atoms with Crippen molar-refractivity contribution in [2.45, 2.75) is 37.5 Å². The molecule has 0 aliphatic heterocycles. The van der Waals surface area contributed by atoms with Gasteiger partial charge in [0.2, 0.25) is 5.91 Å². The number of halogens is 1. The van der Waals surface area contributed by atoms with Gasteiger partial charge in [0.05, 0.1) is 11.1 Å². The Bertz CT molecular complexity index is 895. The molecule has 1 fully saturated rings. The van der Waals surface area contributed by atoms with Crippen LogP contribution in [0.2, 0.25) is 0 Å². The highest BCUT2D eigenvalue weighted by Gasteiger charge is 2.42. The lowest BCUT2D eigenvalue weighted by molar-refractivity contribution is -0.126. The third kappa shape index (κ3) is 3.09. The van der Waals surface area contributed by atoms with Gasteiger partial charge in [-0.3, -0.25) is 4.79 Å². The summed E-state index contributed by atoms with van der Waals surface area (Å²) in [5.74, 6) is -0.282. The van der Waals surface area contributed by atoms with Crippen LogP contribution in [-0.2, 0) is 16.6 Å². The molecule has 1 aromatic carbocycles. The molecule has 2 heterocycles. The van der Waals surface area contributed by atoms with Crippen LogP contribution in [0.15, 0.2) is 54.9 Å². The smallest absolute Gasteiger partial charge is 0.230 e. The fraction of sp³-hybridized carbons (Fsp3) is 0.333. The molecule has 0 bridgehead atoms. The number of rotatable bonds is 5. The van der Waals surface area contributed by atoms with Crippen molar-refractivity contribution in [2.75, 3.05) is 6.54 Å². The Kier molecular flexibility index (Phi) is 4.45. The van der Waals surface area contributed by atoms with Gasteiger partial charge in [-0.1, -0.05) is 31.0 Å². The van der Waals surface area contributed by atoms with Crippen LogP contribution in [0.25, 0.3) is 5.65 Å². The topological polar surface area (TPSA) is 46.4 Å². The molecule has 134 valence electrons. The predicted octanol–water partition coefficient (Wildman–Crippen LogP) is 3.64. The summed E-state index contributed by atoms with van der Waals surface area (Å²) in [5.41, 5.74) is 2.05. The van der Waals surface area contributed by atoms with Crippen molar-refractivity contribution in [1.29, 1.82) is 0 Å². The van der Waals surface area contributed by atoms with E-state index in [1.807, 2.05) is 41.1 Å². The quantitative estimate of drug-likeness (QED) is 0.763. The summed E-state index contributed by atoms with van der Waals surface area (Å²) >= 11 is 0. The lowest BCUT2D eigenvalue weighted by Gasteiger charge is -2.28. The Morgan fingerprint density at radius 1 is 1.19 bits per heavy atom. The van der Waals surface area contributed by atoms with Gasteiger partial charge in [0.1, 0.15) is 11.5 Å². The van der Waals surface area contributed by atoms with Crippen molar-refractivity contribution >= 4 is 11.6 Å². The number of hydrogen-bond donors (Lipinski definition) is 1. The van der Waals surface area contributed by atoms with Gasteiger partial charge in [-0.15, -0.1) is 0 Å². The second kappa shape index (κ2) is 6.90. The van der Waals surface area contributed by atoms with Gasteiger partial charge >= 0.3 is 0 Å². The molecule has 1 N–H and O–H groups in total. The van der Waals surface area contributed by atoms with Gasteiger partial charge in [0.25, 0.3) is 0 Å². The molecule has 0 saturated heterocycles. The Hall–Kier alpha value is -2.69. The molecule has 4 rings (SSSR count). The predicted molar refractivity (Wildman–Crippen MR) is 98.5 cm³/mol. The van der Waals surface area contributed by atoms with Gasteiger partial charge in [-0.25, -0.2) is 9.37 Å². The number of amides is 1. The lowest BCUT2D eigenvalue weighted by atomic mass is 9.78. The highest BCUT2D eigenvalue weighted by molar-refractivity contribution is 5.88. The molecule has 3 aromatic rings. The normalized spacial score (nSPS) is 16.0. The van der Waals surface area contributed by atoms with Crippen LogP contribution in [0.3, 0.4) is 0 Å². The largest absolute Gasteiger partial charge is 0.355 e. The van der Waals surface area contributed by atoms with Crippen LogP contribution < -0.4 is 5.32 Å². The van der Waals surface area contributed by atoms with Crippen molar-refractivity contribution in [3.8, 4) is 0 Å². The molecule has 1 aliphatic rings. The molecule has 0 unspecified atom stereocenters. The van der Waals surface area contributed by atoms with Crippen molar-refractivity contribution in [3.05, 3.63) is 71.9 Å². The minimum atomic E-state index is -0.596. The van der Waals surface area contributed by atoms with Crippen LogP contribution in [0, 0.1) is 5.82 Å². The molecule has 0 radical (unpaired) electrons. The Labute approximate surface area is 152 Å². The van der Waals surface area contributed by atoms with E-state index < -0.39 is 5.41 Å². The van der Waals surface area contributed by atoms with E-state index in [0.717, 1.165) is 42.6 Å².